The topological polar surface area (TPSA) is 57.6 Å². The van der Waals surface area contributed by atoms with E-state index in [1.165, 1.54) is 4.31 Å². The second-order valence-corrected chi connectivity index (χ2v) is 7.17. The first kappa shape index (κ1) is 13.9. The Labute approximate surface area is 98.7 Å². The Morgan fingerprint density at radius 2 is 2.06 bits per heavy atom. The van der Waals surface area contributed by atoms with E-state index in [1.807, 2.05) is 20.8 Å². The van der Waals surface area contributed by atoms with E-state index in [0.29, 0.717) is 18.9 Å². The molecule has 1 heterocycles. The van der Waals surface area contributed by atoms with Crippen molar-refractivity contribution in [2.24, 2.45) is 11.8 Å². The van der Waals surface area contributed by atoms with E-state index < -0.39 is 10.0 Å². The highest BCUT2D eigenvalue weighted by Crippen LogP contribution is 2.27. The van der Waals surface area contributed by atoms with E-state index in [-0.39, 0.29) is 24.3 Å². The number of rotatable bonds is 5. The zero-order chi connectivity index (χ0) is 12.3. The molecule has 0 spiro atoms. The first-order valence-electron chi connectivity index (χ1n) is 5.99. The molecule has 1 aliphatic rings. The number of hydrogen-bond acceptors (Lipinski definition) is 3. The maximum absolute atomic E-state index is 12.1. The molecule has 1 fully saturated rings. The molecule has 1 aliphatic heterocycles. The zero-order valence-corrected chi connectivity index (χ0v) is 11.2. The second kappa shape index (κ2) is 5.47. The van der Waals surface area contributed by atoms with Crippen LogP contribution in [0.1, 0.15) is 33.6 Å². The Kier molecular flexibility index (Phi) is 4.76. The van der Waals surface area contributed by atoms with Crippen molar-refractivity contribution in [1.29, 1.82) is 0 Å². The quantitative estimate of drug-likeness (QED) is 0.793. The Hall–Kier alpha value is -0.130. The predicted octanol–water partition coefficient (Wildman–Crippen LogP) is 1.06. The highest BCUT2D eigenvalue weighted by atomic mass is 32.2. The highest BCUT2D eigenvalue weighted by Gasteiger charge is 2.37. The third kappa shape index (κ3) is 3.18. The molecule has 0 aromatic heterocycles. The fourth-order valence-corrected chi connectivity index (χ4v) is 4.17. The van der Waals surface area contributed by atoms with Gasteiger partial charge in [-0.25, -0.2) is 8.42 Å². The fraction of sp³-hybridized carbons (Fsp3) is 1.00. The molecule has 2 unspecified atom stereocenters. The lowest BCUT2D eigenvalue weighted by atomic mass is 10.0. The number of sulfonamides is 1. The number of aliphatic hydroxyl groups excluding tert-OH is 1. The summed E-state index contributed by atoms with van der Waals surface area (Å²) in [5.74, 6) is 0.856. The second-order valence-electron chi connectivity index (χ2n) is 5.13. The van der Waals surface area contributed by atoms with Gasteiger partial charge >= 0.3 is 0 Å². The van der Waals surface area contributed by atoms with E-state index >= 15 is 0 Å². The van der Waals surface area contributed by atoms with Crippen molar-refractivity contribution < 1.29 is 13.5 Å². The molecule has 4 nitrogen and oxygen atoms in total. The van der Waals surface area contributed by atoms with Crippen LogP contribution >= 0.6 is 0 Å². The van der Waals surface area contributed by atoms with Crippen molar-refractivity contribution in [2.45, 2.75) is 39.7 Å². The Bertz CT molecular complexity index is 313. The molecule has 0 radical (unpaired) electrons. The van der Waals surface area contributed by atoms with Crippen molar-refractivity contribution in [3.05, 3.63) is 0 Å². The maximum Gasteiger partial charge on any atom is 0.214 e. The van der Waals surface area contributed by atoms with Gasteiger partial charge in [0.25, 0.3) is 0 Å². The Morgan fingerprint density at radius 3 is 2.56 bits per heavy atom. The summed E-state index contributed by atoms with van der Waals surface area (Å²) in [6, 6.07) is -0.211. The third-order valence-corrected chi connectivity index (χ3v) is 5.25. The van der Waals surface area contributed by atoms with Gasteiger partial charge in [0, 0.05) is 6.54 Å². The van der Waals surface area contributed by atoms with Gasteiger partial charge < -0.3 is 5.11 Å². The van der Waals surface area contributed by atoms with E-state index in [1.54, 1.807) is 0 Å². The van der Waals surface area contributed by atoms with Gasteiger partial charge in [0.15, 0.2) is 0 Å². The van der Waals surface area contributed by atoms with Gasteiger partial charge in [-0.2, -0.15) is 4.31 Å². The standard InChI is InChI=1S/C11H23NO3S/c1-9(2)5-7-16(14,15)12-6-4-10(3)11(12)8-13/h9-11,13H,4-8H2,1-3H3. The molecular weight excluding hydrogens is 226 g/mol. The van der Waals surface area contributed by atoms with Crippen LogP contribution in [0.5, 0.6) is 0 Å². The lowest BCUT2D eigenvalue weighted by Crippen LogP contribution is -2.41. The summed E-state index contributed by atoms with van der Waals surface area (Å²) in [7, 11) is -3.18. The van der Waals surface area contributed by atoms with Gasteiger partial charge in [0.1, 0.15) is 0 Å². The largest absolute Gasteiger partial charge is 0.395 e. The van der Waals surface area contributed by atoms with Gasteiger partial charge in [0.2, 0.25) is 10.0 Å². The van der Waals surface area contributed by atoms with Crippen molar-refractivity contribution >= 4 is 10.0 Å². The van der Waals surface area contributed by atoms with Crippen LogP contribution in [0.2, 0.25) is 0 Å². The summed E-state index contributed by atoms with van der Waals surface area (Å²) in [5, 5.41) is 9.24. The average molecular weight is 249 g/mol. The van der Waals surface area contributed by atoms with Crippen LogP contribution in [-0.2, 0) is 10.0 Å². The van der Waals surface area contributed by atoms with Crippen molar-refractivity contribution in [1.82, 2.24) is 4.31 Å². The minimum absolute atomic E-state index is 0.0674. The predicted molar refractivity (Wildman–Crippen MR) is 64.6 cm³/mol. The molecule has 1 rings (SSSR count). The Morgan fingerprint density at radius 1 is 1.44 bits per heavy atom. The van der Waals surface area contributed by atoms with Crippen molar-refractivity contribution in [3.8, 4) is 0 Å². The van der Waals surface area contributed by atoms with Crippen LogP contribution in [0.4, 0.5) is 0 Å². The normalized spacial score (nSPS) is 27.8. The van der Waals surface area contributed by atoms with Gasteiger partial charge in [-0.1, -0.05) is 20.8 Å². The maximum atomic E-state index is 12.1. The molecule has 0 bridgehead atoms. The van der Waals surface area contributed by atoms with Crippen molar-refractivity contribution in [2.75, 3.05) is 18.9 Å². The average Bonchev–Trinajstić information content (AvgIpc) is 2.57. The lowest BCUT2D eigenvalue weighted by Gasteiger charge is -2.24. The van der Waals surface area contributed by atoms with E-state index in [4.69, 9.17) is 0 Å². The third-order valence-electron chi connectivity index (χ3n) is 3.33. The summed E-state index contributed by atoms with van der Waals surface area (Å²) in [6.45, 7) is 6.53. The molecule has 2 atom stereocenters. The minimum Gasteiger partial charge on any atom is -0.395 e. The van der Waals surface area contributed by atoms with Crippen LogP contribution in [-0.4, -0.2) is 42.8 Å². The molecule has 0 saturated carbocycles. The summed E-state index contributed by atoms with van der Waals surface area (Å²) >= 11 is 0. The SMILES string of the molecule is CC(C)CCS(=O)(=O)N1CCC(C)C1CO. The van der Waals surface area contributed by atoms with E-state index in [2.05, 4.69) is 0 Å². The minimum atomic E-state index is -3.18. The van der Waals surface area contributed by atoms with Gasteiger partial charge in [-0.15, -0.1) is 0 Å². The van der Waals surface area contributed by atoms with Gasteiger partial charge in [0.05, 0.1) is 18.4 Å². The molecule has 0 aromatic rings. The molecule has 5 heteroatoms. The van der Waals surface area contributed by atoms with Crippen LogP contribution < -0.4 is 0 Å². The molecule has 0 amide bonds. The van der Waals surface area contributed by atoms with Crippen LogP contribution in [0, 0.1) is 11.8 Å². The number of nitrogens with zero attached hydrogens (tertiary/aromatic N) is 1. The van der Waals surface area contributed by atoms with Gasteiger partial charge in [-0.3, -0.25) is 0 Å². The zero-order valence-electron chi connectivity index (χ0n) is 10.4. The molecule has 0 aromatic carbocycles. The summed E-state index contributed by atoms with van der Waals surface area (Å²) in [5.41, 5.74) is 0. The summed E-state index contributed by atoms with van der Waals surface area (Å²) < 4.78 is 25.6. The molecule has 0 aliphatic carbocycles. The fourth-order valence-electron chi connectivity index (χ4n) is 2.09. The number of aliphatic hydroxyl groups is 1. The molecule has 16 heavy (non-hydrogen) atoms. The molecule has 1 N–H and O–H groups in total. The summed E-state index contributed by atoms with van der Waals surface area (Å²) in [4.78, 5) is 0. The molecule has 96 valence electrons. The summed E-state index contributed by atoms with van der Waals surface area (Å²) in [6.07, 6.45) is 1.54. The van der Waals surface area contributed by atoms with Gasteiger partial charge in [-0.05, 0) is 24.7 Å². The molecular formula is C11H23NO3S. The number of hydrogen-bond donors (Lipinski definition) is 1. The molecule has 1 saturated heterocycles. The van der Waals surface area contributed by atoms with Crippen LogP contribution in [0.3, 0.4) is 0 Å². The first-order valence-corrected chi connectivity index (χ1v) is 7.59. The highest BCUT2D eigenvalue weighted by molar-refractivity contribution is 7.89. The first-order chi connectivity index (χ1) is 7.38. The smallest absolute Gasteiger partial charge is 0.214 e. The Balaban J connectivity index is 2.68. The monoisotopic (exact) mass is 249 g/mol. The van der Waals surface area contributed by atoms with Crippen LogP contribution in [0.15, 0.2) is 0 Å². The lowest BCUT2D eigenvalue weighted by molar-refractivity contribution is 0.191. The van der Waals surface area contributed by atoms with E-state index in [9.17, 15) is 13.5 Å². The van der Waals surface area contributed by atoms with Crippen LogP contribution in [0.25, 0.3) is 0 Å². The van der Waals surface area contributed by atoms with Crippen molar-refractivity contribution in [3.63, 3.8) is 0 Å². The van der Waals surface area contributed by atoms with E-state index in [0.717, 1.165) is 6.42 Å².